The molecule has 0 radical (unpaired) electrons. The molecule has 3 nitrogen and oxygen atoms in total. The normalized spacial score (nSPS) is 12.3. The molecule has 2 N–H and O–H groups in total. The maximum Gasteiger partial charge on any atom is 0.202 e. The number of aryl methyl sites for hydroxylation is 1. The Labute approximate surface area is 89.3 Å². The summed E-state index contributed by atoms with van der Waals surface area (Å²) in [5.41, 5.74) is 8.38. The fraction of sp³-hybridized carbons (Fsp3) is 0.417. The average Bonchev–Trinajstić information content (AvgIpc) is 2.64. The maximum atomic E-state index is 5.76. The van der Waals surface area contributed by atoms with Crippen molar-refractivity contribution in [2.45, 2.75) is 26.2 Å². The van der Waals surface area contributed by atoms with E-state index in [0.29, 0.717) is 12.4 Å². The van der Waals surface area contributed by atoms with E-state index in [1.165, 1.54) is 0 Å². The third-order valence-electron chi connectivity index (χ3n) is 2.70. The molecular weight excluding hydrogens is 188 g/mol. The van der Waals surface area contributed by atoms with Gasteiger partial charge < -0.3 is 10.2 Å². The van der Waals surface area contributed by atoms with Gasteiger partial charge in [-0.2, -0.15) is 0 Å². The van der Waals surface area contributed by atoms with Crippen molar-refractivity contribution in [2.75, 3.05) is 6.54 Å². The van der Waals surface area contributed by atoms with Gasteiger partial charge in [-0.3, -0.25) is 0 Å². The molecule has 2 aromatic rings. The molecule has 0 atom stereocenters. The lowest BCUT2D eigenvalue weighted by Crippen LogP contribution is -2.28. The smallest absolute Gasteiger partial charge is 0.202 e. The SMILES string of the molecule is Cc1cccc2nc(C(C)(C)CN)oc12. The van der Waals surface area contributed by atoms with Crippen LogP contribution >= 0.6 is 0 Å². The molecule has 1 aromatic carbocycles. The Morgan fingerprint density at radius 2 is 2.13 bits per heavy atom. The van der Waals surface area contributed by atoms with Gasteiger partial charge in [0.05, 0.1) is 5.41 Å². The van der Waals surface area contributed by atoms with Crippen LogP contribution in [0.5, 0.6) is 0 Å². The lowest BCUT2D eigenvalue weighted by atomic mass is 9.94. The van der Waals surface area contributed by atoms with Crippen LogP contribution in [0.15, 0.2) is 22.6 Å². The number of fused-ring (bicyclic) bond motifs is 1. The van der Waals surface area contributed by atoms with Crippen LogP contribution in [-0.2, 0) is 5.41 Å². The van der Waals surface area contributed by atoms with Gasteiger partial charge in [-0.05, 0) is 32.4 Å². The van der Waals surface area contributed by atoms with Crippen molar-refractivity contribution in [1.29, 1.82) is 0 Å². The van der Waals surface area contributed by atoms with E-state index in [1.807, 2.05) is 39.0 Å². The fourth-order valence-electron chi connectivity index (χ4n) is 1.46. The van der Waals surface area contributed by atoms with Crippen LogP contribution in [0.2, 0.25) is 0 Å². The first-order valence-corrected chi connectivity index (χ1v) is 5.11. The molecule has 2 rings (SSSR count). The first kappa shape index (κ1) is 10.2. The minimum atomic E-state index is -0.203. The number of hydrogen-bond donors (Lipinski definition) is 1. The van der Waals surface area contributed by atoms with Gasteiger partial charge in [0.2, 0.25) is 5.89 Å². The molecule has 1 heterocycles. The number of rotatable bonds is 2. The van der Waals surface area contributed by atoms with Crippen LogP contribution in [0.25, 0.3) is 11.1 Å². The second-order valence-corrected chi connectivity index (χ2v) is 4.53. The molecule has 3 heteroatoms. The van der Waals surface area contributed by atoms with E-state index in [1.54, 1.807) is 0 Å². The predicted octanol–water partition coefficient (Wildman–Crippen LogP) is 2.37. The van der Waals surface area contributed by atoms with Crippen molar-refractivity contribution in [1.82, 2.24) is 4.98 Å². The fourth-order valence-corrected chi connectivity index (χ4v) is 1.46. The van der Waals surface area contributed by atoms with Crippen molar-refractivity contribution >= 4 is 11.1 Å². The highest BCUT2D eigenvalue weighted by Crippen LogP contribution is 2.26. The van der Waals surface area contributed by atoms with Crippen molar-refractivity contribution in [2.24, 2.45) is 5.73 Å². The zero-order valence-corrected chi connectivity index (χ0v) is 9.37. The second kappa shape index (κ2) is 3.35. The van der Waals surface area contributed by atoms with Crippen LogP contribution < -0.4 is 5.73 Å². The summed E-state index contributed by atoms with van der Waals surface area (Å²) in [5.74, 6) is 0.717. The van der Waals surface area contributed by atoms with Gasteiger partial charge in [0.15, 0.2) is 5.58 Å². The molecule has 0 bridgehead atoms. The Morgan fingerprint density at radius 3 is 2.73 bits per heavy atom. The number of nitrogens with two attached hydrogens (primary N) is 1. The predicted molar refractivity (Wildman–Crippen MR) is 60.8 cm³/mol. The summed E-state index contributed by atoms with van der Waals surface area (Å²) in [6.45, 7) is 6.62. The van der Waals surface area contributed by atoms with E-state index in [2.05, 4.69) is 4.98 Å². The van der Waals surface area contributed by atoms with Crippen LogP contribution in [0.4, 0.5) is 0 Å². The first-order valence-electron chi connectivity index (χ1n) is 5.11. The van der Waals surface area contributed by atoms with Gasteiger partial charge in [0.25, 0.3) is 0 Å². The first-order chi connectivity index (χ1) is 7.04. The third-order valence-corrected chi connectivity index (χ3v) is 2.70. The summed E-state index contributed by atoms with van der Waals surface area (Å²) in [6, 6.07) is 5.97. The lowest BCUT2D eigenvalue weighted by molar-refractivity contribution is 0.390. The summed E-state index contributed by atoms with van der Waals surface area (Å²) in [6.07, 6.45) is 0. The molecule has 0 saturated heterocycles. The zero-order valence-electron chi connectivity index (χ0n) is 9.37. The van der Waals surface area contributed by atoms with Crippen LogP contribution in [0.1, 0.15) is 25.3 Å². The molecule has 0 saturated carbocycles. The van der Waals surface area contributed by atoms with Crippen LogP contribution in [-0.4, -0.2) is 11.5 Å². The highest BCUT2D eigenvalue weighted by Gasteiger charge is 2.25. The Kier molecular flexibility index (Phi) is 2.27. The average molecular weight is 204 g/mol. The van der Waals surface area contributed by atoms with E-state index in [9.17, 15) is 0 Å². The van der Waals surface area contributed by atoms with E-state index < -0.39 is 0 Å². The van der Waals surface area contributed by atoms with Gasteiger partial charge in [0.1, 0.15) is 5.52 Å². The third kappa shape index (κ3) is 1.63. The Balaban J connectivity index is 2.62. The highest BCUT2D eigenvalue weighted by atomic mass is 16.3. The summed E-state index contributed by atoms with van der Waals surface area (Å²) < 4.78 is 5.76. The van der Waals surface area contributed by atoms with E-state index in [0.717, 1.165) is 16.7 Å². The largest absolute Gasteiger partial charge is 0.440 e. The van der Waals surface area contributed by atoms with Gasteiger partial charge in [-0.1, -0.05) is 12.1 Å². The number of nitrogens with zero attached hydrogens (tertiary/aromatic N) is 1. The molecule has 1 aromatic heterocycles. The minimum absolute atomic E-state index is 0.203. The van der Waals surface area contributed by atoms with Crippen LogP contribution in [0.3, 0.4) is 0 Å². The summed E-state index contributed by atoms with van der Waals surface area (Å²) in [7, 11) is 0. The number of oxazole rings is 1. The number of aromatic nitrogens is 1. The molecule has 80 valence electrons. The maximum absolute atomic E-state index is 5.76. The minimum Gasteiger partial charge on any atom is -0.440 e. The molecular formula is C12H16N2O. The molecule has 0 spiro atoms. The zero-order chi connectivity index (χ0) is 11.1. The van der Waals surface area contributed by atoms with Gasteiger partial charge in [-0.25, -0.2) is 4.98 Å². The monoisotopic (exact) mass is 204 g/mol. The molecule has 15 heavy (non-hydrogen) atoms. The molecule has 0 unspecified atom stereocenters. The van der Waals surface area contributed by atoms with Gasteiger partial charge in [-0.15, -0.1) is 0 Å². The molecule has 0 amide bonds. The standard InChI is InChI=1S/C12H16N2O/c1-8-5-4-6-9-10(8)15-11(14-9)12(2,3)7-13/h4-6H,7,13H2,1-3H3. The number of benzene rings is 1. The number of hydrogen-bond acceptors (Lipinski definition) is 3. The molecule has 0 aliphatic rings. The van der Waals surface area contributed by atoms with Crippen molar-refractivity contribution in [3.63, 3.8) is 0 Å². The Bertz CT molecular complexity index is 485. The molecule has 0 fully saturated rings. The van der Waals surface area contributed by atoms with Crippen molar-refractivity contribution in [3.8, 4) is 0 Å². The summed E-state index contributed by atoms with van der Waals surface area (Å²) in [4.78, 5) is 4.47. The summed E-state index contributed by atoms with van der Waals surface area (Å²) >= 11 is 0. The quantitative estimate of drug-likeness (QED) is 0.817. The van der Waals surface area contributed by atoms with Gasteiger partial charge >= 0.3 is 0 Å². The van der Waals surface area contributed by atoms with Gasteiger partial charge in [0, 0.05) is 6.54 Å². The topological polar surface area (TPSA) is 52.0 Å². The lowest BCUT2D eigenvalue weighted by Gasteiger charge is -2.16. The van der Waals surface area contributed by atoms with E-state index in [4.69, 9.17) is 10.2 Å². The highest BCUT2D eigenvalue weighted by molar-refractivity contribution is 5.76. The van der Waals surface area contributed by atoms with Crippen LogP contribution in [0, 0.1) is 6.92 Å². The Morgan fingerprint density at radius 1 is 1.40 bits per heavy atom. The van der Waals surface area contributed by atoms with E-state index >= 15 is 0 Å². The Hall–Kier alpha value is -1.35. The molecule has 0 aliphatic heterocycles. The van der Waals surface area contributed by atoms with Crippen molar-refractivity contribution in [3.05, 3.63) is 29.7 Å². The number of para-hydroxylation sites is 1. The van der Waals surface area contributed by atoms with E-state index in [-0.39, 0.29) is 5.41 Å². The summed E-state index contributed by atoms with van der Waals surface area (Å²) in [5, 5.41) is 0. The second-order valence-electron chi connectivity index (χ2n) is 4.53. The molecule has 0 aliphatic carbocycles. The van der Waals surface area contributed by atoms with Crippen molar-refractivity contribution < 1.29 is 4.42 Å².